The van der Waals surface area contributed by atoms with Gasteiger partial charge in [0, 0.05) is 0 Å². The molecule has 22 heavy (non-hydrogen) atoms. The molecule has 0 aliphatic carbocycles. The van der Waals surface area contributed by atoms with Crippen LogP contribution in [0.2, 0.25) is 0 Å². The quantitative estimate of drug-likeness (QED) is 0.833. The summed E-state index contributed by atoms with van der Waals surface area (Å²) < 4.78 is 9.91. The van der Waals surface area contributed by atoms with Crippen LogP contribution < -0.4 is 4.74 Å². The minimum Gasteiger partial charge on any atom is -0.496 e. The molecular weight excluding hydrogens is 280 g/mol. The number of hydrogen-bond acceptors (Lipinski definition) is 4. The Labute approximate surface area is 130 Å². The number of carbonyl (C=O) groups excluding carboxylic acids is 1. The Bertz CT molecular complexity index is 622. The molecule has 1 unspecified atom stereocenters. The Morgan fingerprint density at radius 1 is 1.14 bits per heavy atom. The molecule has 0 heterocycles. The van der Waals surface area contributed by atoms with Crippen LogP contribution in [0, 0.1) is 0 Å². The minimum absolute atomic E-state index is 0.351. The van der Waals surface area contributed by atoms with Crippen molar-refractivity contribution in [2.45, 2.75) is 18.9 Å². The number of aryl methyl sites for hydroxylation is 1. The van der Waals surface area contributed by atoms with Gasteiger partial charge in [0.25, 0.3) is 0 Å². The van der Waals surface area contributed by atoms with Gasteiger partial charge in [-0.3, -0.25) is 0 Å². The number of hydrogen-bond donors (Lipinski definition) is 1. The molecule has 0 aromatic heterocycles. The van der Waals surface area contributed by atoms with Gasteiger partial charge in [0.1, 0.15) is 11.3 Å². The fourth-order valence-electron chi connectivity index (χ4n) is 2.31. The predicted molar refractivity (Wildman–Crippen MR) is 84.1 cm³/mol. The molecule has 4 heteroatoms. The van der Waals surface area contributed by atoms with Gasteiger partial charge < -0.3 is 14.6 Å². The van der Waals surface area contributed by atoms with E-state index in [1.165, 1.54) is 19.8 Å². The monoisotopic (exact) mass is 300 g/mol. The Hall–Kier alpha value is -2.33. The van der Waals surface area contributed by atoms with Gasteiger partial charge in [0.2, 0.25) is 0 Å². The lowest BCUT2D eigenvalue weighted by molar-refractivity contribution is 0.0596. The number of aliphatic hydroxyl groups excluding tert-OH is 1. The molecule has 0 saturated carbocycles. The summed E-state index contributed by atoms with van der Waals surface area (Å²) in [5, 5.41) is 10.3. The fraction of sp³-hybridized carbons (Fsp3) is 0.278. The van der Waals surface area contributed by atoms with Crippen molar-refractivity contribution in [2.75, 3.05) is 14.2 Å². The first-order valence-electron chi connectivity index (χ1n) is 7.14. The molecule has 1 atom stereocenters. The average molecular weight is 300 g/mol. The van der Waals surface area contributed by atoms with Crippen molar-refractivity contribution >= 4 is 5.97 Å². The second kappa shape index (κ2) is 7.61. The van der Waals surface area contributed by atoms with Crippen LogP contribution in [-0.2, 0) is 11.2 Å². The van der Waals surface area contributed by atoms with Crippen molar-refractivity contribution in [1.82, 2.24) is 0 Å². The first kappa shape index (κ1) is 16.0. The Morgan fingerprint density at radius 2 is 1.86 bits per heavy atom. The van der Waals surface area contributed by atoms with Crippen LogP contribution in [0.15, 0.2) is 48.5 Å². The molecule has 0 aliphatic heterocycles. The first-order valence-corrected chi connectivity index (χ1v) is 7.14. The zero-order valence-electron chi connectivity index (χ0n) is 12.8. The number of rotatable bonds is 6. The fourth-order valence-corrected chi connectivity index (χ4v) is 2.31. The van der Waals surface area contributed by atoms with E-state index >= 15 is 0 Å². The molecule has 0 fully saturated rings. The SMILES string of the molecule is COC(=O)c1ccc(C(O)CCc2ccccc2)cc1OC. The zero-order valence-corrected chi connectivity index (χ0v) is 12.8. The third-order valence-electron chi connectivity index (χ3n) is 3.56. The van der Waals surface area contributed by atoms with Crippen LogP contribution in [0.4, 0.5) is 0 Å². The Morgan fingerprint density at radius 3 is 2.50 bits per heavy atom. The average Bonchev–Trinajstić information content (AvgIpc) is 2.59. The topological polar surface area (TPSA) is 55.8 Å². The number of aliphatic hydroxyl groups is 1. The molecule has 0 radical (unpaired) electrons. The summed E-state index contributed by atoms with van der Waals surface area (Å²) in [6.07, 6.45) is 0.772. The normalized spacial score (nSPS) is 11.8. The third-order valence-corrected chi connectivity index (χ3v) is 3.56. The van der Waals surface area contributed by atoms with Crippen molar-refractivity contribution in [3.05, 3.63) is 65.2 Å². The molecule has 4 nitrogen and oxygen atoms in total. The van der Waals surface area contributed by atoms with Gasteiger partial charge in [-0.2, -0.15) is 0 Å². The van der Waals surface area contributed by atoms with E-state index in [1.807, 2.05) is 30.3 Å². The van der Waals surface area contributed by atoms with E-state index in [0.29, 0.717) is 17.7 Å². The standard InChI is InChI=1S/C18H20O4/c1-21-17-12-14(9-10-15(17)18(20)22-2)16(19)11-8-13-6-4-3-5-7-13/h3-7,9-10,12,16,19H,8,11H2,1-2H3. The van der Waals surface area contributed by atoms with Gasteiger partial charge in [-0.1, -0.05) is 36.4 Å². The number of benzene rings is 2. The van der Waals surface area contributed by atoms with Crippen LogP contribution >= 0.6 is 0 Å². The Balaban J connectivity index is 2.09. The summed E-state index contributed by atoms with van der Waals surface area (Å²) in [7, 11) is 2.81. The number of carbonyl (C=O) groups is 1. The van der Waals surface area contributed by atoms with E-state index in [-0.39, 0.29) is 0 Å². The Kier molecular flexibility index (Phi) is 5.55. The summed E-state index contributed by atoms with van der Waals surface area (Å²) >= 11 is 0. The van der Waals surface area contributed by atoms with E-state index in [2.05, 4.69) is 0 Å². The third kappa shape index (κ3) is 3.86. The molecule has 116 valence electrons. The van der Waals surface area contributed by atoms with Crippen molar-refractivity contribution in [1.29, 1.82) is 0 Å². The van der Waals surface area contributed by atoms with E-state index < -0.39 is 12.1 Å². The zero-order chi connectivity index (χ0) is 15.9. The maximum Gasteiger partial charge on any atom is 0.341 e. The lowest BCUT2D eigenvalue weighted by Gasteiger charge is -2.14. The summed E-state index contributed by atoms with van der Waals surface area (Å²) in [5.41, 5.74) is 2.25. The molecule has 0 spiro atoms. The van der Waals surface area contributed by atoms with Gasteiger partial charge in [-0.15, -0.1) is 0 Å². The van der Waals surface area contributed by atoms with Crippen molar-refractivity contribution < 1.29 is 19.4 Å². The van der Waals surface area contributed by atoms with Crippen molar-refractivity contribution in [2.24, 2.45) is 0 Å². The minimum atomic E-state index is -0.610. The summed E-state index contributed by atoms with van der Waals surface area (Å²) in [6.45, 7) is 0. The highest BCUT2D eigenvalue weighted by atomic mass is 16.5. The molecule has 2 rings (SSSR count). The molecule has 1 N–H and O–H groups in total. The smallest absolute Gasteiger partial charge is 0.341 e. The second-order valence-electron chi connectivity index (χ2n) is 4.99. The van der Waals surface area contributed by atoms with E-state index in [4.69, 9.17) is 9.47 Å². The summed E-state index contributed by atoms with van der Waals surface area (Å²) in [4.78, 5) is 11.6. The highest BCUT2D eigenvalue weighted by Crippen LogP contribution is 2.26. The van der Waals surface area contributed by atoms with Crippen LogP contribution in [-0.4, -0.2) is 25.3 Å². The van der Waals surface area contributed by atoms with Gasteiger partial charge in [-0.25, -0.2) is 4.79 Å². The molecule has 0 aliphatic rings. The van der Waals surface area contributed by atoms with Crippen molar-refractivity contribution in [3.63, 3.8) is 0 Å². The molecule has 0 amide bonds. The number of esters is 1. The van der Waals surface area contributed by atoms with E-state index in [0.717, 1.165) is 12.0 Å². The van der Waals surface area contributed by atoms with Gasteiger partial charge >= 0.3 is 5.97 Å². The van der Waals surface area contributed by atoms with E-state index in [1.54, 1.807) is 18.2 Å². The largest absolute Gasteiger partial charge is 0.496 e. The second-order valence-corrected chi connectivity index (χ2v) is 4.99. The van der Waals surface area contributed by atoms with Gasteiger partial charge in [0.15, 0.2) is 0 Å². The van der Waals surface area contributed by atoms with Gasteiger partial charge in [0.05, 0.1) is 20.3 Å². The molecule has 0 bridgehead atoms. The number of ether oxygens (including phenoxy) is 2. The van der Waals surface area contributed by atoms with Crippen LogP contribution in [0.25, 0.3) is 0 Å². The molecule has 2 aromatic rings. The highest BCUT2D eigenvalue weighted by molar-refractivity contribution is 5.92. The van der Waals surface area contributed by atoms with E-state index in [9.17, 15) is 9.90 Å². The first-order chi connectivity index (χ1) is 10.7. The maximum atomic E-state index is 11.6. The molecule has 0 saturated heterocycles. The molecular formula is C18H20O4. The maximum absolute atomic E-state index is 11.6. The van der Waals surface area contributed by atoms with Crippen LogP contribution in [0.5, 0.6) is 5.75 Å². The number of methoxy groups -OCH3 is 2. The lowest BCUT2D eigenvalue weighted by atomic mass is 10.00. The van der Waals surface area contributed by atoms with Gasteiger partial charge in [-0.05, 0) is 36.1 Å². The highest BCUT2D eigenvalue weighted by Gasteiger charge is 2.16. The van der Waals surface area contributed by atoms with Crippen LogP contribution in [0.3, 0.4) is 0 Å². The van der Waals surface area contributed by atoms with Crippen LogP contribution in [0.1, 0.15) is 34.0 Å². The lowest BCUT2D eigenvalue weighted by Crippen LogP contribution is -2.06. The predicted octanol–water partition coefficient (Wildman–Crippen LogP) is 3.15. The summed E-state index contributed by atoms with van der Waals surface area (Å²) in [5.74, 6) is -0.0507. The van der Waals surface area contributed by atoms with Crippen molar-refractivity contribution in [3.8, 4) is 5.75 Å². The summed E-state index contributed by atoms with van der Waals surface area (Å²) in [6, 6.07) is 15.0. The molecule has 2 aromatic carbocycles.